The van der Waals surface area contributed by atoms with Gasteiger partial charge in [-0.1, -0.05) is 28.9 Å². The third-order valence-corrected chi connectivity index (χ3v) is 3.09. The molecule has 2 heterocycles. The van der Waals surface area contributed by atoms with Crippen LogP contribution in [0.4, 0.5) is 0 Å². The zero-order valence-electron chi connectivity index (χ0n) is 10.8. The Morgan fingerprint density at radius 1 is 1.14 bits per heavy atom. The number of benzene rings is 1. The van der Waals surface area contributed by atoms with Crippen LogP contribution in [-0.4, -0.2) is 15.1 Å². The van der Waals surface area contributed by atoms with E-state index < -0.39 is 0 Å². The van der Waals surface area contributed by atoms with Crippen LogP contribution < -0.4 is 0 Å². The highest BCUT2D eigenvalue weighted by atomic mass is 35.5. The van der Waals surface area contributed by atoms with Gasteiger partial charge < -0.3 is 4.52 Å². The molecule has 6 heteroatoms. The molecule has 0 spiro atoms. The number of rotatable bonds is 3. The summed E-state index contributed by atoms with van der Waals surface area (Å²) in [6.45, 7) is 0. The monoisotopic (exact) mass is 296 g/mol. The number of pyridine rings is 1. The van der Waals surface area contributed by atoms with Crippen molar-refractivity contribution in [3.63, 3.8) is 0 Å². The van der Waals surface area contributed by atoms with E-state index in [0.717, 1.165) is 5.56 Å². The molecule has 0 unspecified atom stereocenters. The summed E-state index contributed by atoms with van der Waals surface area (Å²) >= 11 is 5.79. The molecule has 0 saturated heterocycles. The maximum Gasteiger partial charge on any atom is 0.231 e. The van der Waals surface area contributed by atoms with Crippen molar-refractivity contribution in [1.82, 2.24) is 15.1 Å². The Bertz CT molecular complexity index is 788. The number of nitriles is 1. The zero-order valence-corrected chi connectivity index (χ0v) is 11.6. The maximum atomic E-state index is 8.76. The smallest absolute Gasteiger partial charge is 0.231 e. The molecule has 1 aromatic carbocycles. The lowest BCUT2D eigenvalue weighted by atomic mass is 10.1. The highest BCUT2D eigenvalue weighted by Gasteiger charge is 2.10. The fraction of sp³-hybridized carbons (Fsp3) is 0.0667. The number of hydrogen-bond acceptors (Lipinski definition) is 5. The largest absolute Gasteiger partial charge is 0.339 e. The molecule has 0 amide bonds. The Kier molecular flexibility index (Phi) is 3.63. The van der Waals surface area contributed by atoms with Crippen LogP contribution in [0.1, 0.15) is 17.0 Å². The van der Waals surface area contributed by atoms with E-state index in [1.165, 1.54) is 6.20 Å². The minimum absolute atomic E-state index is 0.426. The molecule has 0 aliphatic heterocycles. The number of aromatic nitrogens is 3. The lowest BCUT2D eigenvalue weighted by molar-refractivity contribution is 0.385. The van der Waals surface area contributed by atoms with Crippen LogP contribution in [0.25, 0.3) is 11.5 Å². The van der Waals surface area contributed by atoms with Gasteiger partial charge >= 0.3 is 0 Å². The van der Waals surface area contributed by atoms with Crippen molar-refractivity contribution < 1.29 is 4.52 Å². The van der Waals surface area contributed by atoms with Gasteiger partial charge in [0.25, 0.3) is 0 Å². The highest BCUT2D eigenvalue weighted by Crippen LogP contribution is 2.17. The third kappa shape index (κ3) is 3.07. The predicted molar refractivity (Wildman–Crippen MR) is 76.5 cm³/mol. The summed E-state index contributed by atoms with van der Waals surface area (Å²) < 4.78 is 5.21. The second-order valence-corrected chi connectivity index (χ2v) is 4.80. The summed E-state index contributed by atoms with van der Waals surface area (Å²) in [6, 6.07) is 12.8. The molecule has 3 aromatic rings. The normalized spacial score (nSPS) is 10.3. The lowest BCUT2D eigenvalue weighted by Crippen LogP contribution is -1.89. The van der Waals surface area contributed by atoms with Gasteiger partial charge in [-0.2, -0.15) is 10.2 Å². The Morgan fingerprint density at radius 2 is 1.95 bits per heavy atom. The second kappa shape index (κ2) is 5.73. The van der Waals surface area contributed by atoms with Crippen LogP contribution in [0.3, 0.4) is 0 Å². The second-order valence-electron chi connectivity index (χ2n) is 4.36. The van der Waals surface area contributed by atoms with E-state index in [2.05, 4.69) is 21.2 Å². The van der Waals surface area contributed by atoms with Crippen LogP contribution in [0, 0.1) is 11.3 Å². The minimum atomic E-state index is 0.426. The summed E-state index contributed by atoms with van der Waals surface area (Å²) in [7, 11) is 0. The summed E-state index contributed by atoms with van der Waals surface area (Å²) in [5.74, 6) is 0.918. The molecule has 3 rings (SSSR count). The third-order valence-electron chi connectivity index (χ3n) is 2.86. The van der Waals surface area contributed by atoms with E-state index in [-0.39, 0.29) is 0 Å². The number of hydrogen-bond donors (Lipinski definition) is 0. The first-order valence-electron chi connectivity index (χ1n) is 6.18. The van der Waals surface area contributed by atoms with Crippen molar-refractivity contribution in [2.24, 2.45) is 0 Å². The van der Waals surface area contributed by atoms with Crippen LogP contribution in [-0.2, 0) is 6.42 Å². The van der Waals surface area contributed by atoms with Crippen molar-refractivity contribution >= 4 is 11.6 Å². The van der Waals surface area contributed by atoms with E-state index in [9.17, 15) is 0 Å². The van der Waals surface area contributed by atoms with Crippen LogP contribution in [0.2, 0.25) is 5.02 Å². The Morgan fingerprint density at radius 3 is 2.62 bits per heavy atom. The molecule has 102 valence electrons. The van der Waals surface area contributed by atoms with Crippen molar-refractivity contribution in [2.45, 2.75) is 6.42 Å². The van der Waals surface area contributed by atoms with Gasteiger partial charge in [0.1, 0.15) is 5.69 Å². The van der Waals surface area contributed by atoms with E-state index in [0.29, 0.717) is 34.4 Å². The van der Waals surface area contributed by atoms with Gasteiger partial charge in [-0.05, 0) is 29.8 Å². The summed E-state index contributed by atoms with van der Waals surface area (Å²) in [5, 5.41) is 13.2. The SMILES string of the molecule is N#Cc1ccc(Cc2nc(-c3ccc(Cl)cn3)no2)cc1. The average molecular weight is 297 g/mol. The van der Waals surface area contributed by atoms with Gasteiger partial charge in [-0.25, -0.2) is 0 Å². The highest BCUT2D eigenvalue weighted by molar-refractivity contribution is 6.30. The van der Waals surface area contributed by atoms with E-state index in [1.807, 2.05) is 12.1 Å². The molecule has 5 nitrogen and oxygen atoms in total. The molecule has 0 fully saturated rings. The van der Waals surface area contributed by atoms with Crippen molar-refractivity contribution in [1.29, 1.82) is 5.26 Å². The first kappa shape index (κ1) is 13.3. The average Bonchev–Trinajstić information content (AvgIpc) is 2.97. The molecule has 0 saturated carbocycles. The number of halogens is 1. The molecule has 0 aliphatic rings. The molecule has 0 aliphatic carbocycles. The molecule has 0 atom stereocenters. The van der Waals surface area contributed by atoms with E-state index in [1.54, 1.807) is 24.3 Å². The van der Waals surface area contributed by atoms with Gasteiger partial charge in [0.15, 0.2) is 0 Å². The summed E-state index contributed by atoms with van der Waals surface area (Å²) in [4.78, 5) is 8.44. The van der Waals surface area contributed by atoms with Crippen LogP contribution in [0.15, 0.2) is 47.1 Å². The Labute approximate surface area is 125 Å². The summed E-state index contributed by atoms with van der Waals surface area (Å²) in [5.41, 5.74) is 2.22. The first-order valence-corrected chi connectivity index (χ1v) is 6.56. The van der Waals surface area contributed by atoms with Crippen LogP contribution in [0.5, 0.6) is 0 Å². The first-order chi connectivity index (χ1) is 10.2. The molecular formula is C15H9ClN4O. The van der Waals surface area contributed by atoms with Gasteiger partial charge in [0.05, 0.1) is 23.1 Å². The van der Waals surface area contributed by atoms with E-state index >= 15 is 0 Å². The van der Waals surface area contributed by atoms with Crippen molar-refractivity contribution in [2.75, 3.05) is 0 Å². The Hall–Kier alpha value is -2.71. The van der Waals surface area contributed by atoms with E-state index in [4.69, 9.17) is 21.4 Å². The molecule has 21 heavy (non-hydrogen) atoms. The Balaban J connectivity index is 1.78. The molecule has 0 N–H and O–H groups in total. The fourth-order valence-electron chi connectivity index (χ4n) is 1.81. The van der Waals surface area contributed by atoms with Gasteiger partial charge in [0.2, 0.25) is 11.7 Å². The van der Waals surface area contributed by atoms with Crippen molar-refractivity contribution in [3.8, 4) is 17.6 Å². The summed E-state index contributed by atoms with van der Waals surface area (Å²) in [6.07, 6.45) is 2.04. The standard InChI is InChI=1S/C15H9ClN4O/c16-12-5-6-13(18-9-12)15-19-14(21-20-15)7-10-1-3-11(8-17)4-2-10/h1-6,9H,7H2. The van der Waals surface area contributed by atoms with Crippen molar-refractivity contribution in [3.05, 3.63) is 64.6 Å². The zero-order chi connectivity index (χ0) is 14.7. The van der Waals surface area contributed by atoms with Gasteiger partial charge in [0, 0.05) is 6.20 Å². The van der Waals surface area contributed by atoms with Gasteiger partial charge in [-0.3, -0.25) is 4.98 Å². The predicted octanol–water partition coefficient (Wildman–Crippen LogP) is 3.25. The minimum Gasteiger partial charge on any atom is -0.339 e. The lowest BCUT2D eigenvalue weighted by Gasteiger charge is -1.96. The topological polar surface area (TPSA) is 75.6 Å². The molecule has 0 radical (unpaired) electrons. The fourth-order valence-corrected chi connectivity index (χ4v) is 1.92. The number of nitrogens with zero attached hydrogens (tertiary/aromatic N) is 4. The van der Waals surface area contributed by atoms with Gasteiger partial charge in [-0.15, -0.1) is 0 Å². The molecule has 2 aromatic heterocycles. The maximum absolute atomic E-state index is 8.76. The molecular weight excluding hydrogens is 288 g/mol. The quantitative estimate of drug-likeness (QED) is 0.741. The molecule has 0 bridgehead atoms. The van der Waals surface area contributed by atoms with Crippen LogP contribution >= 0.6 is 11.6 Å².